The third-order valence-corrected chi connectivity index (χ3v) is 3.60. The van der Waals surface area contributed by atoms with E-state index in [2.05, 4.69) is 39.5 Å². The maximum atomic E-state index is 6.23. The Hall–Kier alpha value is -0.0800. The Balaban J connectivity index is 4.01. The Bertz CT molecular complexity index is 157. The van der Waals surface area contributed by atoms with Crippen LogP contribution in [0.4, 0.5) is 0 Å². The minimum atomic E-state index is 0.328. The standard InChI is InChI=1S/C14H32N2/c1-6-8-9-10-16(12(3)4)11-14(15)13(5)7-2/h12-14H,6-11,15H2,1-5H3. The van der Waals surface area contributed by atoms with Gasteiger partial charge >= 0.3 is 0 Å². The molecule has 2 unspecified atom stereocenters. The average Bonchev–Trinajstić information content (AvgIpc) is 2.26. The van der Waals surface area contributed by atoms with Crippen LogP contribution in [0, 0.1) is 5.92 Å². The molecule has 0 aliphatic carbocycles. The zero-order chi connectivity index (χ0) is 12.6. The van der Waals surface area contributed by atoms with Crippen molar-refractivity contribution in [3.05, 3.63) is 0 Å². The van der Waals surface area contributed by atoms with Crippen LogP contribution in [0.15, 0.2) is 0 Å². The van der Waals surface area contributed by atoms with E-state index in [-0.39, 0.29) is 0 Å². The maximum Gasteiger partial charge on any atom is 0.0193 e. The normalized spacial score (nSPS) is 15.8. The smallest absolute Gasteiger partial charge is 0.0193 e. The fourth-order valence-electron chi connectivity index (χ4n) is 1.88. The topological polar surface area (TPSA) is 29.3 Å². The van der Waals surface area contributed by atoms with E-state index in [0.29, 0.717) is 18.0 Å². The predicted octanol–water partition coefficient (Wildman–Crippen LogP) is 3.26. The van der Waals surface area contributed by atoms with Crippen molar-refractivity contribution in [2.75, 3.05) is 13.1 Å². The molecule has 0 aromatic rings. The second-order valence-electron chi connectivity index (χ2n) is 5.35. The SMILES string of the molecule is CCCCCN(CC(N)C(C)CC)C(C)C. The lowest BCUT2D eigenvalue weighted by atomic mass is 9.99. The molecule has 16 heavy (non-hydrogen) atoms. The first-order valence-corrected chi connectivity index (χ1v) is 7.02. The Morgan fingerprint density at radius 1 is 1.06 bits per heavy atom. The van der Waals surface area contributed by atoms with Crippen LogP contribution in [0.5, 0.6) is 0 Å². The Morgan fingerprint density at radius 2 is 1.69 bits per heavy atom. The van der Waals surface area contributed by atoms with Crippen LogP contribution in [0.1, 0.15) is 60.3 Å². The van der Waals surface area contributed by atoms with Gasteiger partial charge in [-0.1, -0.05) is 40.0 Å². The molecule has 0 spiro atoms. The number of hydrogen-bond donors (Lipinski definition) is 1. The monoisotopic (exact) mass is 228 g/mol. The molecule has 0 saturated carbocycles. The zero-order valence-corrected chi connectivity index (χ0v) is 12.0. The summed E-state index contributed by atoms with van der Waals surface area (Å²) in [6.07, 6.45) is 5.12. The summed E-state index contributed by atoms with van der Waals surface area (Å²) in [6.45, 7) is 13.5. The number of rotatable bonds is 9. The largest absolute Gasteiger partial charge is 0.326 e. The van der Waals surface area contributed by atoms with Crippen molar-refractivity contribution in [1.82, 2.24) is 4.90 Å². The highest BCUT2D eigenvalue weighted by Crippen LogP contribution is 2.10. The van der Waals surface area contributed by atoms with E-state index in [9.17, 15) is 0 Å². The molecule has 2 atom stereocenters. The van der Waals surface area contributed by atoms with Gasteiger partial charge in [0.15, 0.2) is 0 Å². The summed E-state index contributed by atoms with van der Waals surface area (Å²) in [5.41, 5.74) is 6.23. The predicted molar refractivity (Wildman–Crippen MR) is 73.7 cm³/mol. The highest BCUT2D eigenvalue weighted by atomic mass is 15.2. The molecule has 98 valence electrons. The summed E-state index contributed by atoms with van der Waals surface area (Å²) in [5, 5.41) is 0. The van der Waals surface area contributed by atoms with Gasteiger partial charge in [0.25, 0.3) is 0 Å². The molecular formula is C14H32N2. The Labute approximate surface area is 103 Å². The minimum Gasteiger partial charge on any atom is -0.326 e. The van der Waals surface area contributed by atoms with Crippen molar-refractivity contribution in [3.63, 3.8) is 0 Å². The van der Waals surface area contributed by atoms with Crippen LogP contribution in [0.2, 0.25) is 0 Å². The molecule has 0 saturated heterocycles. The third kappa shape index (κ3) is 6.49. The van der Waals surface area contributed by atoms with Gasteiger partial charge in [0.05, 0.1) is 0 Å². The second-order valence-corrected chi connectivity index (χ2v) is 5.35. The van der Waals surface area contributed by atoms with Crippen LogP contribution >= 0.6 is 0 Å². The lowest BCUT2D eigenvalue weighted by Gasteiger charge is -2.31. The third-order valence-electron chi connectivity index (χ3n) is 3.60. The first-order valence-electron chi connectivity index (χ1n) is 7.02. The maximum absolute atomic E-state index is 6.23. The van der Waals surface area contributed by atoms with Crippen LogP contribution in [-0.4, -0.2) is 30.1 Å². The zero-order valence-electron chi connectivity index (χ0n) is 12.0. The number of nitrogens with zero attached hydrogens (tertiary/aromatic N) is 1. The molecule has 0 aliphatic heterocycles. The van der Waals surface area contributed by atoms with E-state index >= 15 is 0 Å². The number of unbranched alkanes of at least 4 members (excludes halogenated alkanes) is 2. The highest BCUT2D eigenvalue weighted by molar-refractivity contribution is 4.75. The molecule has 0 fully saturated rings. The molecule has 0 aromatic heterocycles. The van der Waals surface area contributed by atoms with Crippen LogP contribution in [0.25, 0.3) is 0 Å². The lowest BCUT2D eigenvalue weighted by molar-refractivity contribution is 0.187. The molecule has 2 N–H and O–H groups in total. The van der Waals surface area contributed by atoms with E-state index < -0.39 is 0 Å². The van der Waals surface area contributed by atoms with Crippen molar-refractivity contribution in [2.24, 2.45) is 11.7 Å². The quantitative estimate of drug-likeness (QED) is 0.614. The first kappa shape index (κ1) is 15.9. The van der Waals surface area contributed by atoms with Crippen LogP contribution in [-0.2, 0) is 0 Å². The van der Waals surface area contributed by atoms with Gasteiger partial charge in [0.1, 0.15) is 0 Å². The molecule has 0 amide bonds. The molecule has 0 rings (SSSR count). The summed E-state index contributed by atoms with van der Waals surface area (Å²) in [4.78, 5) is 2.53. The van der Waals surface area contributed by atoms with Crippen molar-refractivity contribution < 1.29 is 0 Å². The van der Waals surface area contributed by atoms with E-state index in [0.717, 1.165) is 6.54 Å². The molecular weight excluding hydrogens is 196 g/mol. The van der Waals surface area contributed by atoms with Crippen molar-refractivity contribution >= 4 is 0 Å². The summed E-state index contributed by atoms with van der Waals surface area (Å²) in [5.74, 6) is 0.632. The fourth-order valence-corrected chi connectivity index (χ4v) is 1.88. The number of nitrogens with two attached hydrogens (primary N) is 1. The molecule has 2 nitrogen and oxygen atoms in total. The van der Waals surface area contributed by atoms with Gasteiger partial charge in [0, 0.05) is 18.6 Å². The summed E-state index contributed by atoms with van der Waals surface area (Å²) in [6, 6.07) is 0.945. The van der Waals surface area contributed by atoms with Crippen molar-refractivity contribution in [2.45, 2.75) is 72.4 Å². The summed E-state index contributed by atoms with van der Waals surface area (Å²) < 4.78 is 0. The van der Waals surface area contributed by atoms with E-state index in [1.54, 1.807) is 0 Å². The molecule has 0 bridgehead atoms. The van der Waals surface area contributed by atoms with Gasteiger partial charge in [-0.25, -0.2) is 0 Å². The lowest BCUT2D eigenvalue weighted by Crippen LogP contribution is -2.44. The highest BCUT2D eigenvalue weighted by Gasteiger charge is 2.17. The fraction of sp³-hybridized carbons (Fsp3) is 1.00. The van der Waals surface area contributed by atoms with E-state index in [4.69, 9.17) is 5.73 Å². The van der Waals surface area contributed by atoms with Gasteiger partial charge in [-0.2, -0.15) is 0 Å². The van der Waals surface area contributed by atoms with Crippen LogP contribution in [0.3, 0.4) is 0 Å². The molecule has 0 aromatic carbocycles. The summed E-state index contributed by atoms with van der Waals surface area (Å²) in [7, 11) is 0. The average molecular weight is 228 g/mol. The van der Waals surface area contributed by atoms with Crippen LogP contribution < -0.4 is 5.73 Å². The molecule has 0 heterocycles. The molecule has 2 heteroatoms. The van der Waals surface area contributed by atoms with Crippen molar-refractivity contribution in [3.8, 4) is 0 Å². The van der Waals surface area contributed by atoms with E-state index in [1.807, 2.05) is 0 Å². The number of hydrogen-bond acceptors (Lipinski definition) is 2. The summed E-state index contributed by atoms with van der Waals surface area (Å²) >= 11 is 0. The molecule has 0 aliphatic rings. The van der Waals surface area contributed by atoms with Gasteiger partial charge in [-0.15, -0.1) is 0 Å². The van der Waals surface area contributed by atoms with Gasteiger partial charge in [-0.3, -0.25) is 4.90 Å². The Morgan fingerprint density at radius 3 is 2.12 bits per heavy atom. The van der Waals surface area contributed by atoms with Crippen molar-refractivity contribution in [1.29, 1.82) is 0 Å². The van der Waals surface area contributed by atoms with Gasteiger partial charge in [0.2, 0.25) is 0 Å². The van der Waals surface area contributed by atoms with Gasteiger partial charge in [-0.05, 0) is 32.7 Å². The van der Waals surface area contributed by atoms with Gasteiger partial charge < -0.3 is 5.73 Å². The first-order chi connectivity index (χ1) is 7.52. The minimum absolute atomic E-state index is 0.328. The Kier molecular flexibility index (Phi) is 8.96. The van der Waals surface area contributed by atoms with E-state index in [1.165, 1.54) is 32.2 Å². The molecule has 0 radical (unpaired) electrons. The second kappa shape index (κ2) is 9.00.